The monoisotopic (exact) mass is 308 g/mol. The van der Waals surface area contributed by atoms with Crippen molar-refractivity contribution in [2.75, 3.05) is 0 Å². The number of halogens is 1. The van der Waals surface area contributed by atoms with Crippen LogP contribution in [-0.4, -0.2) is 14.9 Å². The molecule has 0 saturated carbocycles. The Kier molecular flexibility index (Phi) is 3.34. The molecule has 0 fully saturated rings. The Labute approximate surface area is 116 Å². The molecule has 0 amide bonds. The maximum absolute atomic E-state index is 10.8. The van der Waals surface area contributed by atoms with E-state index < -0.39 is 5.60 Å². The molecular formula is C14H17BrN2O. The third-order valence-corrected chi connectivity index (χ3v) is 4.00. The highest BCUT2D eigenvalue weighted by molar-refractivity contribution is 9.10. The van der Waals surface area contributed by atoms with Crippen LogP contribution in [0.5, 0.6) is 0 Å². The van der Waals surface area contributed by atoms with E-state index in [2.05, 4.69) is 28.0 Å². The van der Waals surface area contributed by atoms with Gasteiger partial charge >= 0.3 is 0 Å². The molecule has 3 nitrogen and oxygen atoms in total. The molecule has 0 bridgehead atoms. The second-order valence-corrected chi connectivity index (χ2v) is 5.69. The summed E-state index contributed by atoms with van der Waals surface area (Å²) in [5, 5.41) is 15.0. The van der Waals surface area contributed by atoms with E-state index in [1.165, 1.54) is 11.1 Å². The van der Waals surface area contributed by atoms with Crippen molar-refractivity contribution >= 4 is 15.9 Å². The number of rotatable bonds is 2. The summed E-state index contributed by atoms with van der Waals surface area (Å²) in [5.41, 5.74) is 2.95. The van der Waals surface area contributed by atoms with Crippen molar-refractivity contribution in [3.8, 4) is 0 Å². The molecule has 1 heterocycles. The van der Waals surface area contributed by atoms with E-state index >= 15 is 0 Å². The van der Waals surface area contributed by atoms with Gasteiger partial charge in [0, 0.05) is 7.05 Å². The van der Waals surface area contributed by atoms with E-state index in [0.29, 0.717) is 0 Å². The molecule has 1 atom stereocenters. The summed E-state index contributed by atoms with van der Waals surface area (Å²) in [5.74, 6) is 0. The zero-order valence-electron chi connectivity index (χ0n) is 11.0. The number of aryl methyl sites for hydroxylation is 3. The van der Waals surface area contributed by atoms with Crippen molar-refractivity contribution in [2.24, 2.45) is 7.05 Å². The first-order valence-electron chi connectivity index (χ1n) is 5.82. The molecule has 0 aliphatic heterocycles. The van der Waals surface area contributed by atoms with Gasteiger partial charge in [-0.15, -0.1) is 0 Å². The van der Waals surface area contributed by atoms with Crippen LogP contribution in [0.4, 0.5) is 0 Å². The maximum Gasteiger partial charge on any atom is 0.129 e. The third kappa shape index (κ3) is 2.10. The fourth-order valence-electron chi connectivity index (χ4n) is 2.14. The molecule has 0 radical (unpaired) electrons. The number of aliphatic hydroxyl groups is 1. The summed E-state index contributed by atoms with van der Waals surface area (Å²) in [4.78, 5) is 0. The molecule has 1 aromatic carbocycles. The van der Waals surface area contributed by atoms with Crippen molar-refractivity contribution in [3.63, 3.8) is 0 Å². The molecule has 0 aliphatic rings. The summed E-state index contributed by atoms with van der Waals surface area (Å²) >= 11 is 3.44. The van der Waals surface area contributed by atoms with E-state index in [4.69, 9.17) is 0 Å². The second kappa shape index (κ2) is 4.52. The van der Waals surface area contributed by atoms with Crippen LogP contribution in [0, 0.1) is 13.8 Å². The Hall–Kier alpha value is -1.13. The Bertz CT molecular complexity index is 568. The van der Waals surface area contributed by atoms with Crippen molar-refractivity contribution in [3.05, 3.63) is 51.3 Å². The normalized spacial score (nSPS) is 14.6. The van der Waals surface area contributed by atoms with Gasteiger partial charge in [0.05, 0.1) is 16.4 Å². The first-order valence-corrected chi connectivity index (χ1v) is 6.61. The molecule has 0 spiro atoms. The number of hydrogen-bond donors (Lipinski definition) is 1. The van der Waals surface area contributed by atoms with Crippen LogP contribution >= 0.6 is 15.9 Å². The van der Waals surface area contributed by atoms with Gasteiger partial charge in [0.2, 0.25) is 0 Å². The van der Waals surface area contributed by atoms with E-state index in [-0.39, 0.29) is 0 Å². The first kappa shape index (κ1) is 13.3. The molecule has 96 valence electrons. The van der Waals surface area contributed by atoms with Gasteiger partial charge in [-0.05, 0) is 53.4 Å². The van der Waals surface area contributed by atoms with E-state index in [1.807, 2.05) is 32.2 Å². The second-order valence-electron chi connectivity index (χ2n) is 4.84. The lowest BCUT2D eigenvalue weighted by molar-refractivity contribution is 0.0920. The van der Waals surface area contributed by atoms with E-state index in [0.717, 1.165) is 15.7 Å². The van der Waals surface area contributed by atoms with Gasteiger partial charge in [-0.3, -0.25) is 4.68 Å². The Morgan fingerprint density at radius 2 is 1.94 bits per heavy atom. The number of benzene rings is 1. The predicted octanol–water partition coefficient (Wildman–Crippen LogP) is 3.06. The Morgan fingerprint density at radius 1 is 1.28 bits per heavy atom. The van der Waals surface area contributed by atoms with Crippen LogP contribution in [0.2, 0.25) is 0 Å². The van der Waals surface area contributed by atoms with Gasteiger partial charge in [0.15, 0.2) is 0 Å². The highest BCUT2D eigenvalue weighted by Crippen LogP contribution is 2.34. The summed E-state index contributed by atoms with van der Waals surface area (Å²) < 4.78 is 2.51. The molecule has 2 rings (SSSR count). The van der Waals surface area contributed by atoms with Crippen LogP contribution in [0.25, 0.3) is 0 Å². The largest absolute Gasteiger partial charge is 0.379 e. The average molecular weight is 309 g/mol. The molecule has 1 aromatic heterocycles. The summed E-state index contributed by atoms with van der Waals surface area (Å²) in [6, 6.07) is 6.01. The minimum absolute atomic E-state index is 0.755. The number of aromatic nitrogens is 2. The fourth-order valence-corrected chi connectivity index (χ4v) is 2.87. The molecule has 0 aliphatic carbocycles. The van der Waals surface area contributed by atoms with Gasteiger partial charge in [-0.2, -0.15) is 5.10 Å². The van der Waals surface area contributed by atoms with E-state index in [9.17, 15) is 5.11 Å². The average Bonchev–Trinajstić information content (AvgIpc) is 2.62. The van der Waals surface area contributed by atoms with Crippen LogP contribution in [-0.2, 0) is 12.6 Å². The zero-order chi connectivity index (χ0) is 13.5. The minimum Gasteiger partial charge on any atom is -0.379 e. The highest BCUT2D eigenvalue weighted by atomic mass is 79.9. The standard InChI is InChI=1S/C14H17BrN2O/c1-9-5-6-11(7-10(9)2)14(3,18)13-12(15)8-16-17(13)4/h5-8,18H,1-4H3. The van der Waals surface area contributed by atoms with Crippen molar-refractivity contribution in [1.82, 2.24) is 9.78 Å². The van der Waals surface area contributed by atoms with Crippen LogP contribution in [0.1, 0.15) is 29.3 Å². The summed E-state index contributed by atoms with van der Waals surface area (Å²) in [6.45, 7) is 5.90. The maximum atomic E-state index is 10.8. The van der Waals surface area contributed by atoms with Crippen LogP contribution in [0.3, 0.4) is 0 Å². The SMILES string of the molecule is Cc1ccc(C(C)(O)c2c(Br)cnn2C)cc1C. The number of hydrogen-bond acceptors (Lipinski definition) is 2. The topological polar surface area (TPSA) is 38.1 Å². The number of nitrogens with zero attached hydrogens (tertiary/aromatic N) is 2. The Balaban J connectivity index is 2.57. The van der Waals surface area contributed by atoms with Gasteiger partial charge in [0.1, 0.15) is 5.60 Å². The van der Waals surface area contributed by atoms with Gasteiger partial charge in [0.25, 0.3) is 0 Å². The lowest BCUT2D eigenvalue weighted by atomic mass is 9.90. The molecule has 1 unspecified atom stereocenters. The van der Waals surface area contributed by atoms with Crippen LogP contribution in [0.15, 0.2) is 28.9 Å². The van der Waals surface area contributed by atoms with Gasteiger partial charge in [-0.1, -0.05) is 18.2 Å². The molecule has 18 heavy (non-hydrogen) atoms. The smallest absolute Gasteiger partial charge is 0.129 e. The van der Waals surface area contributed by atoms with Crippen molar-refractivity contribution in [1.29, 1.82) is 0 Å². The first-order chi connectivity index (χ1) is 8.34. The minimum atomic E-state index is -1.07. The predicted molar refractivity (Wildman–Crippen MR) is 75.5 cm³/mol. The fraction of sp³-hybridized carbons (Fsp3) is 0.357. The summed E-state index contributed by atoms with van der Waals surface area (Å²) in [7, 11) is 1.83. The highest BCUT2D eigenvalue weighted by Gasteiger charge is 2.31. The van der Waals surface area contributed by atoms with Crippen LogP contribution < -0.4 is 0 Å². The zero-order valence-corrected chi connectivity index (χ0v) is 12.6. The third-order valence-electron chi connectivity index (χ3n) is 3.42. The van der Waals surface area contributed by atoms with E-state index in [1.54, 1.807) is 17.8 Å². The molecule has 4 heteroatoms. The molecular weight excluding hydrogens is 292 g/mol. The molecule has 2 aromatic rings. The van der Waals surface area contributed by atoms with Crippen molar-refractivity contribution in [2.45, 2.75) is 26.4 Å². The molecule has 1 N–H and O–H groups in total. The lowest BCUT2D eigenvalue weighted by Crippen LogP contribution is -2.26. The Morgan fingerprint density at radius 3 is 2.44 bits per heavy atom. The van der Waals surface area contributed by atoms with Gasteiger partial charge in [-0.25, -0.2) is 0 Å². The van der Waals surface area contributed by atoms with Crippen molar-refractivity contribution < 1.29 is 5.11 Å². The molecule has 0 saturated heterocycles. The van der Waals surface area contributed by atoms with Gasteiger partial charge < -0.3 is 5.11 Å². The summed E-state index contributed by atoms with van der Waals surface area (Å²) in [6.07, 6.45) is 1.70. The lowest BCUT2D eigenvalue weighted by Gasteiger charge is -2.25. The quantitative estimate of drug-likeness (QED) is 0.926.